The van der Waals surface area contributed by atoms with Crippen LogP contribution in [-0.2, 0) is 46.3 Å². The van der Waals surface area contributed by atoms with Gasteiger partial charge in [-0.3, -0.25) is 19.8 Å². The van der Waals surface area contributed by atoms with Crippen LogP contribution in [0, 0.1) is 13.8 Å². The molecule has 6 rings (SSSR count). The Bertz CT molecular complexity index is 2780. The van der Waals surface area contributed by atoms with Gasteiger partial charge in [0.25, 0.3) is 11.1 Å². The van der Waals surface area contributed by atoms with Crippen molar-refractivity contribution in [1.82, 2.24) is 29.0 Å². The Morgan fingerprint density at radius 1 is 0.588 bits per heavy atom. The van der Waals surface area contributed by atoms with Crippen LogP contribution in [0.4, 0.5) is 22.7 Å². The quantitative estimate of drug-likeness (QED) is 0.0493. The van der Waals surface area contributed by atoms with E-state index in [1.807, 2.05) is 39.8 Å². The molecule has 0 atom stereocenters. The van der Waals surface area contributed by atoms with Crippen LogP contribution in [0.1, 0.15) is 51.9 Å². The SMILES string of the molecule is Cc1[nH]n(-c2ccccc2)c(=O)c1N=Nc1cc(S(=O)(=O)NCCCOC(C)C)ccc1[O-].Cc1[nH]n(-c2ccccc2)c(=O)c1N=Nc1cc(S(=O)(=O)NCCCOC(C)C)ccc1[O-].[Co+3].[Na+]. The normalized spacial score (nSPS) is 11.8. The predicted octanol–water partition coefficient (Wildman–Crippen LogP) is 3.11. The second kappa shape index (κ2) is 26.6. The third-order valence-corrected chi connectivity index (χ3v) is 12.2. The monoisotopic (exact) mass is 1030 g/mol. The van der Waals surface area contributed by atoms with Gasteiger partial charge in [-0.05, 0) is 103 Å². The van der Waals surface area contributed by atoms with Crippen molar-refractivity contribution in [3.8, 4) is 22.9 Å². The van der Waals surface area contributed by atoms with E-state index in [1.165, 1.54) is 21.5 Å². The molecule has 68 heavy (non-hydrogen) atoms. The van der Waals surface area contributed by atoms with Crippen molar-refractivity contribution < 1.29 is 82.9 Å². The van der Waals surface area contributed by atoms with Crippen LogP contribution < -0.4 is 60.3 Å². The van der Waals surface area contributed by atoms with Gasteiger partial charge in [0, 0.05) is 26.3 Å². The van der Waals surface area contributed by atoms with Gasteiger partial charge in [0.05, 0.1) is 56.1 Å². The molecule has 0 saturated carbocycles. The second-order valence-electron chi connectivity index (χ2n) is 15.1. The summed E-state index contributed by atoms with van der Waals surface area (Å²) in [7, 11) is -7.70. The number of nitrogens with zero attached hydrogens (tertiary/aromatic N) is 6. The molecule has 2 heterocycles. The van der Waals surface area contributed by atoms with Gasteiger partial charge in [0.1, 0.15) is 0 Å². The van der Waals surface area contributed by atoms with Crippen molar-refractivity contribution in [2.75, 3.05) is 26.3 Å². The number of aromatic amines is 2. The summed E-state index contributed by atoms with van der Waals surface area (Å²) in [6.07, 6.45) is 1.15. The molecule has 0 bridgehead atoms. The average molecular weight is 1030 g/mol. The summed E-state index contributed by atoms with van der Waals surface area (Å²) in [6.45, 7) is 12.1. The van der Waals surface area contributed by atoms with E-state index >= 15 is 0 Å². The van der Waals surface area contributed by atoms with E-state index < -0.39 is 42.7 Å². The molecular weight excluding hydrogens is 975 g/mol. The van der Waals surface area contributed by atoms with Gasteiger partial charge < -0.3 is 19.7 Å². The number of sulfonamides is 2. The van der Waals surface area contributed by atoms with E-state index in [0.29, 0.717) is 48.8 Å². The topological polar surface area (TPSA) is 282 Å². The number of hydrogen-bond donors (Lipinski definition) is 4. The van der Waals surface area contributed by atoms with Crippen molar-refractivity contribution in [3.05, 3.63) is 129 Å². The van der Waals surface area contributed by atoms with Gasteiger partial charge in [-0.1, -0.05) is 60.0 Å². The van der Waals surface area contributed by atoms with E-state index in [1.54, 1.807) is 62.4 Å². The minimum atomic E-state index is -3.85. The third-order valence-electron chi connectivity index (χ3n) is 9.24. The maximum absolute atomic E-state index is 12.7. The number of para-hydroxylation sites is 2. The van der Waals surface area contributed by atoms with Crippen LogP contribution in [0.5, 0.6) is 11.5 Å². The molecule has 0 fully saturated rings. The standard InChI is InChI=1S/2C22H27N5O5S.Co.Na/c2*1-15(2)32-13-7-12-23-33(30,31)18-10-11-20(28)19(14-18)24-25-21-16(3)26-27(22(21)29)17-8-5-4-6-9-17;;/h2*4-6,8-11,14-15,23,26,28H,7,12-13H2,1-3H3;;/q;;+3;+1/p-2. The van der Waals surface area contributed by atoms with E-state index in [4.69, 9.17) is 9.47 Å². The van der Waals surface area contributed by atoms with E-state index in [-0.39, 0.29) is 104 Å². The molecule has 4 aromatic carbocycles. The zero-order valence-corrected chi connectivity index (χ0v) is 43.2. The molecular formula is C44H52CoN10NaO10S2+2. The van der Waals surface area contributed by atoms with Gasteiger partial charge in [-0.2, -0.15) is 10.2 Å². The fourth-order valence-corrected chi connectivity index (χ4v) is 8.07. The Balaban J connectivity index is 0.000000350. The largest absolute Gasteiger partial charge is 3.00 e. The van der Waals surface area contributed by atoms with Crippen LogP contribution >= 0.6 is 0 Å². The maximum Gasteiger partial charge on any atom is 3.00 e. The molecule has 24 heteroatoms. The van der Waals surface area contributed by atoms with E-state index in [0.717, 1.165) is 24.3 Å². The number of aryl methyl sites for hydroxylation is 2. The van der Waals surface area contributed by atoms with Crippen LogP contribution in [0.25, 0.3) is 11.4 Å². The maximum atomic E-state index is 12.7. The van der Waals surface area contributed by atoms with Crippen molar-refractivity contribution >= 4 is 42.8 Å². The van der Waals surface area contributed by atoms with Crippen molar-refractivity contribution in [3.63, 3.8) is 0 Å². The van der Waals surface area contributed by atoms with Gasteiger partial charge in [0.15, 0.2) is 11.4 Å². The Morgan fingerprint density at radius 2 is 0.941 bits per heavy atom. The first-order valence-corrected chi connectivity index (χ1v) is 23.8. The molecule has 0 saturated heterocycles. The van der Waals surface area contributed by atoms with Gasteiger partial charge in [0.2, 0.25) is 20.0 Å². The van der Waals surface area contributed by atoms with Gasteiger partial charge in [-0.15, -0.1) is 10.2 Å². The molecule has 6 aromatic rings. The fourth-order valence-electron chi connectivity index (χ4n) is 5.88. The summed E-state index contributed by atoms with van der Waals surface area (Å²) in [5, 5.41) is 45.9. The summed E-state index contributed by atoms with van der Waals surface area (Å²) < 4.78 is 68.5. The number of ether oxygens (including phenoxy) is 2. The molecule has 358 valence electrons. The summed E-state index contributed by atoms with van der Waals surface area (Å²) in [4.78, 5) is 25.2. The van der Waals surface area contributed by atoms with Crippen LogP contribution in [0.15, 0.2) is 137 Å². The van der Waals surface area contributed by atoms with Crippen LogP contribution in [0.2, 0.25) is 0 Å². The first-order chi connectivity index (χ1) is 31.4. The van der Waals surface area contributed by atoms with Crippen molar-refractivity contribution in [1.29, 1.82) is 0 Å². The summed E-state index contributed by atoms with van der Waals surface area (Å²) in [5.41, 5.74) is 0.935. The van der Waals surface area contributed by atoms with Crippen LogP contribution in [-0.4, -0.2) is 74.9 Å². The number of rotatable bonds is 20. The van der Waals surface area contributed by atoms with Gasteiger partial charge in [-0.25, -0.2) is 35.6 Å². The molecule has 4 N–H and O–H groups in total. The fraction of sp³-hybridized carbons (Fsp3) is 0.318. The second-order valence-corrected chi connectivity index (χ2v) is 18.7. The Labute approximate surface area is 426 Å². The molecule has 20 nitrogen and oxygen atoms in total. The molecule has 0 aliphatic carbocycles. The molecule has 0 amide bonds. The van der Waals surface area contributed by atoms with Gasteiger partial charge >= 0.3 is 46.3 Å². The van der Waals surface area contributed by atoms with E-state index in [2.05, 4.69) is 40.1 Å². The van der Waals surface area contributed by atoms with Crippen molar-refractivity contribution in [2.24, 2.45) is 20.5 Å². The summed E-state index contributed by atoms with van der Waals surface area (Å²) in [6, 6.07) is 24.7. The zero-order valence-electron chi connectivity index (χ0n) is 38.6. The molecule has 0 radical (unpaired) electrons. The first kappa shape index (κ1) is 57.3. The predicted molar refractivity (Wildman–Crippen MR) is 244 cm³/mol. The minimum absolute atomic E-state index is 0. The molecule has 0 unspecified atom stereocenters. The molecule has 0 aliphatic heterocycles. The number of aromatic nitrogens is 4. The van der Waals surface area contributed by atoms with E-state index in [9.17, 15) is 36.6 Å². The number of hydrogen-bond acceptors (Lipinski definition) is 14. The molecule has 0 spiro atoms. The molecule has 0 aliphatic rings. The number of H-pyrrole nitrogens is 2. The Kier molecular flexibility index (Phi) is 22.4. The Morgan fingerprint density at radius 3 is 1.28 bits per heavy atom. The summed E-state index contributed by atoms with van der Waals surface area (Å²) in [5.74, 6) is -1.03. The first-order valence-electron chi connectivity index (χ1n) is 20.8. The van der Waals surface area contributed by atoms with Crippen molar-refractivity contribution in [2.45, 2.75) is 76.4 Å². The number of benzene rings is 4. The smallest absolute Gasteiger partial charge is 0.871 e. The third kappa shape index (κ3) is 16.0. The number of azo groups is 2. The molecule has 2 aromatic heterocycles. The minimum Gasteiger partial charge on any atom is -0.871 e. The van der Waals surface area contributed by atoms with Crippen LogP contribution in [0.3, 0.4) is 0 Å². The summed E-state index contributed by atoms with van der Waals surface area (Å²) >= 11 is 0. The Hall–Kier alpha value is -5.05. The zero-order chi connectivity index (χ0) is 48.0. The number of nitrogens with one attached hydrogen (secondary N) is 4. The average Bonchev–Trinajstić information content (AvgIpc) is 3.74.